The van der Waals surface area contributed by atoms with Crippen LogP contribution >= 0.6 is 0 Å². The average Bonchev–Trinajstić information content (AvgIpc) is 2.15. The Balaban J connectivity index is 4.00. The summed E-state index contributed by atoms with van der Waals surface area (Å²) in [6, 6.07) is 0. The van der Waals surface area contributed by atoms with Crippen molar-refractivity contribution < 1.29 is 9.13 Å². The van der Waals surface area contributed by atoms with Crippen LogP contribution in [0.2, 0.25) is 0 Å². The van der Waals surface area contributed by atoms with Gasteiger partial charge in [-0.1, -0.05) is 26.0 Å². The summed E-state index contributed by atoms with van der Waals surface area (Å²) in [6.45, 7) is 8.43. The molecule has 0 saturated carbocycles. The van der Waals surface area contributed by atoms with Crippen LogP contribution in [-0.2, 0) is 4.74 Å². The lowest BCUT2D eigenvalue weighted by Crippen LogP contribution is -2.15. The smallest absolute Gasteiger partial charge is 0.101 e. The van der Waals surface area contributed by atoms with Crippen LogP contribution in [-0.4, -0.2) is 19.9 Å². The number of methoxy groups -OCH3 is 1. The third kappa shape index (κ3) is 5.04. The van der Waals surface area contributed by atoms with Crippen molar-refractivity contribution in [3.8, 4) is 0 Å². The third-order valence-electron chi connectivity index (χ3n) is 2.38. The van der Waals surface area contributed by atoms with Crippen molar-refractivity contribution in [3.63, 3.8) is 0 Å². The van der Waals surface area contributed by atoms with Gasteiger partial charge in [-0.05, 0) is 19.3 Å². The van der Waals surface area contributed by atoms with Gasteiger partial charge >= 0.3 is 0 Å². The van der Waals surface area contributed by atoms with Gasteiger partial charge in [0.25, 0.3) is 0 Å². The highest BCUT2D eigenvalue weighted by atomic mass is 19.1. The number of rotatable bonds is 7. The molecule has 0 aromatic carbocycles. The molecule has 0 aliphatic rings. The quantitative estimate of drug-likeness (QED) is 0.557. The lowest BCUT2D eigenvalue weighted by molar-refractivity contribution is 0.142. The fourth-order valence-corrected chi connectivity index (χ4v) is 1.32. The van der Waals surface area contributed by atoms with Crippen molar-refractivity contribution in [2.45, 2.75) is 39.3 Å². The second-order valence-electron chi connectivity index (χ2n) is 3.41. The third-order valence-corrected chi connectivity index (χ3v) is 2.38. The number of hydrogen-bond donors (Lipinski definition) is 0. The van der Waals surface area contributed by atoms with Gasteiger partial charge in [0.1, 0.15) is 6.17 Å². The van der Waals surface area contributed by atoms with Gasteiger partial charge in [-0.2, -0.15) is 0 Å². The van der Waals surface area contributed by atoms with E-state index in [0.717, 1.165) is 12.0 Å². The van der Waals surface area contributed by atoms with Gasteiger partial charge in [-0.15, -0.1) is 0 Å². The summed E-state index contributed by atoms with van der Waals surface area (Å²) >= 11 is 0. The zero-order chi connectivity index (χ0) is 10.3. The molecule has 13 heavy (non-hydrogen) atoms. The van der Waals surface area contributed by atoms with E-state index in [0.29, 0.717) is 19.4 Å². The van der Waals surface area contributed by atoms with Crippen LogP contribution in [0.15, 0.2) is 12.2 Å². The van der Waals surface area contributed by atoms with Gasteiger partial charge in [0.05, 0.1) is 6.61 Å². The van der Waals surface area contributed by atoms with Crippen molar-refractivity contribution >= 4 is 0 Å². The molecule has 1 nitrogen and oxygen atoms in total. The Morgan fingerprint density at radius 3 is 2.46 bits per heavy atom. The number of alkyl halides is 1. The topological polar surface area (TPSA) is 9.23 Å². The van der Waals surface area contributed by atoms with Gasteiger partial charge in [0.15, 0.2) is 0 Å². The van der Waals surface area contributed by atoms with Crippen LogP contribution in [0.3, 0.4) is 0 Å². The van der Waals surface area contributed by atoms with Crippen LogP contribution < -0.4 is 0 Å². The largest absolute Gasteiger partial charge is 0.384 e. The summed E-state index contributed by atoms with van der Waals surface area (Å²) in [5, 5.41) is 0. The maximum Gasteiger partial charge on any atom is 0.101 e. The molecule has 0 bridgehead atoms. The Hall–Kier alpha value is -0.370. The average molecular weight is 188 g/mol. The van der Waals surface area contributed by atoms with Gasteiger partial charge < -0.3 is 4.74 Å². The highest BCUT2D eigenvalue weighted by Crippen LogP contribution is 2.21. The minimum atomic E-state index is -0.719. The zero-order valence-electron chi connectivity index (χ0n) is 8.98. The molecule has 0 unspecified atom stereocenters. The van der Waals surface area contributed by atoms with Crippen LogP contribution in [0.5, 0.6) is 0 Å². The number of halogens is 1. The van der Waals surface area contributed by atoms with Gasteiger partial charge in [0.2, 0.25) is 0 Å². The normalized spacial score (nSPS) is 15.4. The van der Waals surface area contributed by atoms with Crippen molar-refractivity contribution in [1.29, 1.82) is 0 Å². The predicted octanol–water partition coefficient (Wildman–Crippen LogP) is 3.35. The molecule has 0 aliphatic heterocycles. The van der Waals surface area contributed by atoms with E-state index in [1.165, 1.54) is 0 Å². The van der Waals surface area contributed by atoms with Crippen molar-refractivity contribution in [2.75, 3.05) is 13.7 Å². The molecule has 0 radical (unpaired) electrons. The molecule has 0 rings (SSSR count). The Bertz CT molecular complexity index is 145. The molecule has 0 fully saturated rings. The van der Waals surface area contributed by atoms with Crippen molar-refractivity contribution in [3.05, 3.63) is 12.2 Å². The molecule has 0 aliphatic carbocycles. The molecule has 0 spiro atoms. The number of hydrogen-bond acceptors (Lipinski definition) is 1. The SMILES string of the molecule is C=C(CC)[C@H](COC)C[C@H](F)CC. The fourth-order valence-electron chi connectivity index (χ4n) is 1.32. The van der Waals surface area contributed by atoms with E-state index in [4.69, 9.17) is 4.74 Å². The van der Waals surface area contributed by atoms with Gasteiger partial charge in [0, 0.05) is 13.0 Å². The predicted molar refractivity (Wildman–Crippen MR) is 54.6 cm³/mol. The van der Waals surface area contributed by atoms with Crippen LogP contribution in [0.1, 0.15) is 33.1 Å². The van der Waals surface area contributed by atoms with E-state index >= 15 is 0 Å². The summed E-state index contributed by atoms with van der Waals surface area (Å²) in [4.78, 5) is 0. The van der Waals surface area contributed by atoms with Crippen LogP contribution in [0.25, 0.3) is 0 Å². The monoisotopic (exact) mass is 188 g/mol. The lowest BCUT2D eigenvalue weighted by Gasteiger charge is -2.19. The standard InChI is InChI=1S/C11H21FO/c1-5-9(3)10(8-13-4)7-11(12)6-2/h10-11H,3,5-8H2,1-2,4H3/t10-,11+/m0/s1. The molecule has 0 amide bonds. The summed E-state index contributed by atoms with van der Waals surface area (Å²) in [7, 11) is 1.65. The molecular weight excluding hydrogens is 167 g/mol. The van der Waals surface area contributed by atoms with E-state index < -0.39 is 6.17 Å². The van der Waals surface area contributed by atoms with Crippen molar-refractivity contribution in [1.82, 2.24) is 0 Å². The van der Waals surface area contributed by atoms with Crippen LogP contribution in [0.4, 0.5) is 4.39 Å². The van der Waals surface area contributed by atoms with Crippen LogP contribution in [0, 0.1) is 5.92 Å². The lowest BCUT2D eigenvalue weighted by atomic mass is 9.93. The van der Waals surface area contributed by atoms with Crippen molar-refractivity contribution in [2.24, 2.45) is 5.92 Å². The molecule has 0 N–H and O–H groups in total. The Morgan fingerprint density at radius 2 is 2.08 bits per heavy atom. The molecular formula is C11H21FO. The maximum atomic E-state index is 13.1. The summed E-state index contributed by atoms with van der Waals surface area (Å²) in [5.74, 6) is 0.185. The zero-order valence-corrected chi connectivity index (χ0v) is 8.98. The highest BCUT2D eigenvalue weighted by molar-refractivity contribution is 5.00. The molecule has 2 heteroatoms. The molecule has 0 aromatic rings. The summed E-state index contributed by atoms with van der Waals surface area (Å²) in [5.41, 5.74) is 1.10. The second-order valence-corrected chi connectivity index (χ2v) is 3.41. The fraction of sp³-hybridized carbons (Fsp3) is 0.818. The maximum absolute atomic E-state index is 13.1. The Labute approximate surface area is 81.0 Å². The molecule has 0 heterocycles. The molecule has 78 valence electrons. The first kappa shape index (κ1) is 12.6. The highest BCUT2D eigenvalue weighted by Gasteiger charge is 2.16. The second kappa shape index (κ2) is 7.07. The van der Waals surface area contributed by atoms with E-state index in [2.05, 4.69) is 6.58 Å². The molecule has 0 saturated heterocycles. The van der Waals surface area contributed by atoms with E-state index in [9.17, 15) is 4.39 Å². The minimum Gasteiger partial charge on any atom is -0.384 e. The molecule has 2 atom stereocenters. The summed E-state index contributed by atoms with van der Waals surface area (Å²) < 4.78 is 18.2. The van der Waals surface area contributed by atoms with Gasteiger partial charge in [-0.25, -0.2) is 4.39 Å². The first-order valence-electron chi connectivity index (χ1n) is 4.96. The Kier molecular flexibility index (Phi) is 6.87. The minimum absolute atomic E-state index is 0.185. The van der Waals surface area contributed by atoms with E-state index in [1.807, 2.05) is 13.8 Å². The first-order valence-corrected chi connectivity index (χ1v) is 4.96. The van der Waals surface area contributed by atoms with E-state index in [-0.39, 0.29) is 5.92 Å². The molecule has 0 aromatic heterocycles. The van der Waals surface area contributed by atoms with E-state index in [1.54, 1.807) is 7.11 Å². The van der Waals surface area contributed by atoms with Gasteiger partial charge in [-0.3, -0.25) is 0 Å². The first-order chi connectivity index (χ1) is 6.15. The Morgan fingerprint density at radius 1 is 1.46 bits per heavy atom. The summed E-state index contributed by atoms with van der Waals surface area (Å²) in [6.07, 6.45) is 1.32. The number of ether oxygens (including phenoxy) is 1.